The van der Waals surface area contributed by atoms with Crippen molar-refractivity contribution in [3.63, 3.8) is 0 Å². The zero-order valence-corrected chi connectivity index (χ0v) is 26.0. The zero-order chi connectivity index (χ0) is 31.2. The van der Waals surface area contributed by atoms with Crippen LogP contribution in [0.5, 0.6) is 6.01 Å². The van der Waals surface area contributed by atoms with Crippen LogP contribution in [0.2, 0.25) is 0 Å². The Hall–Kier alpha value is -3.92. The molecular formula is C29H32F2N10OS2. The number of halogens is 2. The fraction of sp³-hybridized carbons (Fsp3) is 0.483. The maximum Gasteiger partial charge on any atom is 0.320 e. The molecule has 3 aromatic rings. The first-order valence-corrected chi connectivity index (χ1v) is 16.1. The fourth-order valence-corrected chi connectivity index (χ4v) is 9.16. The van der Waals surface area contributed by atoms with E-state index in [9.17, 15) is 19.3 Å². The Kier molecular flexibility index (Phi) is 8.13. The Balaban J connectivity index is 1.34. The van der Waals surface area contributed by atoms with Gasteiger partial charge in [0, 0.05) is 54.1 Å². The molecule has 1 spiro atoms. The first kappa shape index (κ1) is 30.1. The van der Waals surface area contributed by atoms with Crippen molar-refractivity contribution < 1.29 is 13.5 Å². The zero-order valence-electron chi connectivity index (χ0n) is 24.3. The standard InChI is InChI=1S/C29H32F2N10OS2/c1-16(18-6-3-7-36-24(18)34)39(2)26-20(10-33)27(38-28(37-26)42-12-17-5-4-8-40(17)11-22(30)31)41-14-29(15-41)23-19(9-32)25(35)44-21(23)13-43-29/h3,6-7,16-17,22H,4-5,8,11-15,35H2,1-2H3,(H2,34,36)/t16-,17+/m1/s1. The monoisotopic (exact) mass is 638 g/mol. The minimum atomic E-state index is -2.43. The van der Waals surface area contributed by atoms with Gasteiger partial charge in [0.1, 0.15) is 35.1 Å². The topological polar surface area (TPSA) is 157 Å². The van der Waals surface area contributed by atoms with E-state index in [4.69, 9.17) is 21.2 Å². The summed E-state index contributed by atoms with van der Waals surface area (Å²) in [7, 11) is 1.82. The Labute approximate surface area is 262 Å². The van der Waals surface area contributed by atoms with Crippen molar-refractivity contribution in [1.82, 2.24) is 19.9 Å². The van der Waals surface area contributed by atoms with Crippen LogP contribution in [-0.2, 0) is 10.5 Å². The number of nitrogen functional groups attached to an aromatic ring is 2. The van der Waals surface area contributed by atoms with Crippen LogP contribution in [0.4, 0.5) is 31.2 Å². The second-order valence-corrected chi connectivity index (χ2v) is 13.8. The summed E-state index contributed by atoms with van der Waals surface area (Å²) in [5.74, 6) is 1.93. The lowest BCUT2D eigenvalue weighted by molar-refractivity contribution is 0.0684. The molecule has 6 rings (SSSR count). The van der Waals surface area contributed by atoms with Gasteiger partial charge in [0.15, 0.2) is 11.6 Å². The van der Waals surface area contributed by atoms with Crippen molar-refractivity contribution in [2.75, 3.05) is 61.1 Å². The van der Waals surface area contributed by atoms with Gasteiger partial charge in [-0.25, -0.2) is 13.8 Å². The number of rotatable bonds is 9. The van der Waals surface area contributed by atoms with Gasteiger partial charge >= 0.3 is 6.01 Å². The Morgan fingerprint density at radius 1 is 1.23 bits per heavy atom. The lowest BCUT2D eigenvalue weighted by Gasteiger charge is -2.48. The van der Waals surface area contributed by atoms with E-state index in [-0.39, 0.29) is 41.6 Å². The predicted octanol–water partition coefficient (Wildman–Crippen LogP) is 4.11. The third-order valence-corrected chi connectivity index (χ3v) is 11.4. The van der Waals surface area contributed by atoms with E-state index < -0.39 is 6.43 Å². The molecule has 0 bridgehead atoms. The van der Waals surface area contributed by atoms with Crippen molar-refractivity contribution in [3.8, 4) is 18.1 Å². The van der Waals surface area contributed by atoms with E-state index in [0.29, 0.717) is 47.7 Å². The summed E-state index contributed by atoms with van der Waals surface area (Å²) >= 11 is 3.24. The molecule has 2 fully saturated rings. The van der Waals surface area contributed by atoms with Crippen LogP contribution in [0.3, 0.4) is 0 Å². The van der Waals surface area contributed by atoms with Crippen molar-refractivity contribution >= 4 is 45.6 Å². The maximum atomic E-state index is 13.2. The predicted molar refractivity (Wildman–Crippen MR) is 167 cm³/mol. The number of nitriles is 2. The van der Waals surface area contributed by atoms with Crippen LogP contribution >= 0.6 is 23.1 Å². The van der Waals surface area contributed by atoms with Crippen molar-refractivity contribution in [1.29, 1.82) is 10.5 Å². The molecule has 0 amide bonds. The van der Waals surface area contributed by atoms with E-state index in [2.05, 4.69) is 22.1 Å². The first-order valence-electron chi connectivity index (χ1n) is 14.3. The normalized spacial score (nSPS) is 19.4. The van der Waals surface area contributed by atoms with Gasteiger partial charge in [-0.15, -0.1) is 23.1 Å². The van der Waals surface area contributed by atoms with Crippen LogP contribution < -0.4 is 26.0 Å². The third kappa shape index (κ3) is 5.23. The van der Waals surface area contributed by atoms with Crippen molar-refractivity contribution in [3.05, 3.63) is 45.5 Å². The number of nitrogens with two attached hydrogens (primary N) is 2. The largest absolute Gasteiger partial charge is 0.462 e. The molecule has 15 heteroatoms. The summed E-state index contributed by atoms with van der Waals surface area (Å²) < 4.78 is 32.1. The number of thioether (sulfide) groups is 1. The molecule has 2 saturated heterocycles. The van der Waals surface area contributed by atoms with E-state index in [1.54, 1.807) is 28.9 Å². The Bertz CT molecular complexity index is 1650. The number of pyridine rings is 1. The summed E-state index contributed by atoms with van der Waals surface area (Å²) in [5, 5.41) is 20.8. The first-order chi connectivity index (χ1) is 21.2. The average molecular weight is 639 g/mol. The molecule has 6 heterocycles. The van der Waals surface area contributed by atoms with E-state index >= 15 is 0 Å². The van der Waals surface area contributed by atoms with Gasteiger partial charge in [0.05, 0.1) is 22.9 Å². The highest BCUT2D eigenvalue weighted by Gasteiger charge is 2.53. The summed E-state index contributed by atoms with van der Waals surface area (Å²) in [6, 6.07) is 7.85. The van der Waals surface area contributed by atoms with E-state index in [0.717, 1.165) is 34.6 Å². The lowest BCUT2D eigenvalue weighted by atomic mass is 9.88. The number of ether oxygens (including phenoxy) is 1. The van der Waals surface area contributed by atoms with Crippen LogP contribution in [0, 0.1) is 22.7 Å². The molecule has 230 valence electrons. The highest BCUT2D eigenvalue weighted by Crippen LogP contribution is 2.58. The lowest BCUT2D eigenvalue weighted by Crippen LogP contribution is -2.57. The quantitative estimate of drug-likeness (QED) is 0.346. The molecular weight excluding hydrogens is 607 g/mol. The Morgan fingerprint density at radius 2 is 2.00 bits per heavy atom. The number of anilines is 4. The molecule has 2 atom stereocenters. The number of fused-ring (bicyclic) bond motifs is 2. The van der Waals surface area contributed by atoms with Gasteiger partial charge in [0.25, 0.3) is 6.43 Å². The average Bonchev–Trinajstić information content (AvgIpc) is 3.67. The molecule has 3 aliphatic rings. The third-order valence-electron chi connectivity index (χ3n) is 8.72. The molecule has 0 unspecified atom stereocenters. The second-order valence-electron chi connectivity index (χ2n) is 11.3. The number of alkyl halides is 2. The van der Waals surface area contributed by atoms with Gasteiger partial charge in [0.2, 0.25) is 0 Å². The SMILES string of the molecule is C[C@H](c1cccnc1N)N(C)c1nc(OC[C@@H]2CCCN2CC(F)F)nc(N2CC3(C2)SCc2sc(N)c(C#N)c23)c1C#N. The van der Waals surface area contributed by atoms with Gasteiger partial charge < -0.3 is 26.0 Å². The summed E-state index contributed by atoms with van der Waals surface area (Å²) in [5.41, 5.74) is 14.9. The van der Waals surface area contributed by atoms with Crippen LogP contribution in [0.25, 0.3) is 0 Å². The Morgan fingerprint density at radius 3 is 2.70 bits per heavy atom. The smallest absolute Gasteiger partial charge is 0.320 e. The van der Waals surface area contributed by atoms with E-state index in [1.165, 1.54) is 11.3 Å². The van der Waals surface area contributed by atoms with Crippen LogP contribution in [-0.4, -0.2) is 72.2 Å². The molecule has 0 saturated carbocycles. The molecule has 3 aliphatic heterocycles. The minimum Gasteiger partial charge on any atom is -0.462 e. The molecule has 0 radical (unpaired) electrons. The number of thiophene rings is 1. The number of aromatic nitrogens is 3. The molecule has 44 heavy (non-hydrogen) atoms. The summed E-state index contributed by atoms with van der Waals surface area (Å²) in [6.07, 6.45) is 0.736. The van der Waals surface area contributed by atoms with Crippen molar-refractivity contribution in [2.24, 2.45) is 0 Å². The number of hydrogen-bond donors (Lipinski definition) is 2. The highest BCUT2D eigenvalue weighted by atomic mass is 32.2. The fourth-order valence-electron chi connectivity index (χ4n) is 6.35. The summed E-state index contributed by atoms with van der Waals surface area (Å²) in [4.78, 5) is 20.3. The maximum absolute atomic E-state index is 13.2. The van der Waals surface area contributed by atoms with Crippen molar-refractivity contribution in [2.45, 2.75) is 48.8 Å². The number of nitrogens with zero attached hydrogens (tertiary/aromatic N) is 8. The molecule has 0 aliphatic carbocycles. The van der Waals surface area contributed by atoms with E-state index in [1.807, 2.05) is 29.8 Å². The van der Waals surface area contributed by atoms with Gasteiger partial charge in [-0.1, -0.05) is 6.07 Å². The summed E-state index contributed by atoms with van der Waals surface area (Å²) in [6.45, 7) is 3.42. The van der Waals surface area contributed by atoms with Crippen LogP contribution in [0.1, 0.15) is 52.9 Å². The number of hydrogen-bond acceptors (Lipinski definition) is 13. The van der Waals surface area contributed by atoms with Gasteiger partial charge in [-0.3, -0.25) is 4.90 Å². The molecule has 11 nitrogen and oxygen atoms in total. The number of likely N-dealkylation sites (tertiary alicyclic amines) is 1. The highest BCUT2D eigenvalue weighted by molar-refractivity contribution is 8.00. The molecule has 0 aromatic carbocycles. The molecule has 4 N–H and O–H groups in total. The minimum absolute atomic E-state index is 0.0642. The van der Waals surface area contributed by atoms with Crippen LogP contribution in [0.15, 0.2) is 18.3 Å². The van der Waals surface area contributed by atoms with Gasteiger partial charge in [-0.2, -0.15) is 20.5 Å². The second kappa shape index (κ2) is 11.9. The van der Waals surface area contributed by atoms with Gasteiger partial charge in [-0.05, 0) is 32.4 Å². The molecule has 3 aromatic heterocycles.